The summed E-state index contributed by atoms with van der Waals surface area (Å²) < 4.78 is 15.8. The Bertz CT molecular complexity index is 1250. The number of rotatable bonds is 8. The summed E-state index contributed by atoms with van der Waals surface area (Å²) in [6, 6.07) is 14.1. The van der Waals surface area contributed by atoms with Gasteiger partial charge in [-0.1, -0.05) is 35.5 Å². The molecule has 9 nitrogen and oxygen atoms in total. The fraction of sp³-hybridized carbons (Fsp3) is 0.217. The van der Waals surface area contributed by atoms with Gasteiger partial charge in [-0.25, -0.2) is 4.79 Å². The average molecular weight is 434 g/mol. The highest BCUT2D eigenvalue weighted by Crippen LogP contribution is 2.22. The minimum Gasteiger partial charge on any atom is -0.497 e. The number of para-hydroxylation sites is 1. The van der Waals surface area contributed by atoms with E-state index in [0.29, 0.717) is 17.1 Å². The molecule has 2 aromatic heterocycles. The molecule has 0 aliphatic rings. The fourth-order valence-electron chi connectivity index (χ4n) is 3.39. The van der Waals surface area contributed by atoms with E-state index >= 15 is 0 Å². The Morgan fingerprint density at radius 1 is 1.19 bits per heavy atom. The predicted molar refractivity (Wildman–Crippen MR) is 116 cm³/mol. The number of hydrogen-bond donors (Lipinski definition) is 2. The fourth-order valence-corrected chi connectivity index (χ4v) is 3.39. The molecule has 0 saturated carbocycles. The molecule has 32 heavy (non-hydrogen) atoms. The normalized spacial score (nSPS) is 11.8. The largest absolute Gasteiger partial charge is 0.497 e. The van der Waals surface area contributed by atoms with E-state index in [1.807, 2.05) is 48.7 Å². The minimum absolute atomic E-state index is 0.143. The Hall–Kier alpha value is -4.14. The molecule has 164 valence electrons. The summed E-state index contributed by atoms with van der Waals surface area (Å²) in [5.74, 6) is 0.240. The molecule has 1 amide bonds. The lowest BCUT2D eigenvalue weighted by atomic mass is 10.0. The standard InChI is InChI=1S/C23H22N4O5/c1-14(28)25-20(11-16-12-24-19-9-4-3-8-18(16)19)23(29)31-13-21-26-22(27-32-21)15-6-5-7-17(10-15)30-2/h3-10,12,20,24H,11,13H2,1-2H3,(H,25,28). The summed E-state index contributed by atoms with van der Waals surface area (Å²) in [5, 5.41) is 7.56. The van der Waals surface area contributed by atoms with Crippen LogP contribution >= 0.6 is 0 Å². The van der Waals surface area contributed by atoms with Gasteiger partial charge in [0.2, 0.25) is 11.7 Å². The second-order valence-electron chi connectivity index (χ2n) is 7.17. The first-order valence-corrected chi connectivity index (χ1v) is 9.99. The van der Waals surface area contributed by atoms with Crippen molar-refractivity contribution >= 4 is 22.8 Å². The van der Waals surface area contributed by atoms with Crippen molar-refractivity contribution in [3.63, 3.8) is 0 Å². The lowest BCUT2D eigenvalue weighted by Gasteiger charge is -2.16. The maximum absolute atomic E-state index is 12.7. The Morgan fingerprint density at radius 2 is 2.03 bits per heavy atom. The number of aromatic amines is 1. The molecule has 1 atom stereocenters. The van der Waals surface area contributed by atoms with E-state index in [1.54, 1.807) is 13.2 Å². The van der Waals surface area contributed by atoms with Crippen LogP contribution < -0.4 is 10.1 Å². The molecule has 0 fully saturated rings. The Labute approximate surface area is 183 Å². The molecule has 0 saturated heterocycles. The van der Waals surface area contributed by atoms with Crippen molar-refractivity contribution in [1.29, 1.82) is 0 Å². The number of fused-ring (bicyclic) bond motifs is 1. The predicted octanol–water partition coefficient (Wildman–Crippen LogP) is 3.02. The molecular formula is C23H22N4O5. The molecule has 0 aliphatic heterocycles. The van der Waals surface area contributed by atoms with E-state index in [9.17, 15) is 9.59 Å². The van der Waals surface area contributed by atoms with Crippen molar-refractivity contribution in [3.05, 3.63) is 66.2 Å². The van der Waals surface area contributed by atoms with Gasteiger partial charge in [0.1, 0.15) is 11.8 Å². The van der Waals surface area contributed by atoms with Crippen molar-refractivity contribution < 1.29 is 23.6 Å². The number of esters is 1. The monoisotopic (exact) mass is 434 g/mol. The van der Waals surface area contributed by atoms with Gasteiger partial charge < -0.3 is 24.3 Å². The van der Waals surface area contributed by atoms with Gasteiger partial charge >= 0.3 is 5.97 Å². The molecule has 4 rings (SSSR count). The number of carbonyl (C=O) groups is 2. The van der Waals surface area contributed by atoms with Crippen LogP contribution in [0.2, 0.25) is 0 Å². The Balaban J connectivity index is 1.43. The zero-order valence-corrected chi connectivity index (χ0v) is 17.6. The molecular weight excluding hydrogens is 412 g/mol. The summed E-state index contributed by atoms with van der Waals surface area (Å²) in [6.45, 7) is 1.15. The van der Waals surface area contributed by atoms with Crippen molar-refractivity contribution in [2.24, 2.45) is 0 Å². The van der Waals surface area contributed by atoms with Gasteiger partial charge in [-0.05, 0) is 23.8 Å². The number of methoxy groups -OCH3 is 1. The first kappa shape index (κ1) is 21.1. The second-order valence-corrected chi connectivity index (χ2v) is 7.17. The van der Waals surface area contributed by atoms with E-state index in [4.69, 9.17) is 14.0 Å². The number of nitrogens with one attached hydrogen (secondary N) is 2. The lowest BCUT2D eigenvalue weighted by Crippen LogP contribution is -2.42. The third-order valence-corrected chi connectivity index (χ3v) is 4.89. The Morgan fingerprint density at radius 3 is 2.84 bits per heavy atom. The van der Waals surface area contributed by atoms with E-state index in [1.165, 1.54) is 6.92 Å². The first-order chi connectivity index (χ1) is 15.5. The highest BCUT2D eigenvalue weighted by molar-refractivity contribution is 5.86. The lowest BCUT2D eigenvalue weighted by molar-refractivity contribution is -0.149. The average Bonchev–Trinajstić information content (AvgIpc) is 3.44. The number of aromatic nitrogens is 3. The molecule has 1 unspecified atom stereocenters. The van der Waals surface area contributed by atoms with Gasteiger partial charge in [-0.15, -0.1) is 0 Å². The van der Waals surface area contributed by atoms with Crippen LogP contribution in [0.4, 0.5) is 0 Å². The van der Waals surface area contributed by atoms with Crippen LogP contribution in [-0.2, 0) is 27.4 Å². The zero-order valence-electron chi connectivity index (χ0n) is 17.6. The maximum Gasteiger partial charge on any atom is 0.329 e. The van der Waals surface area contributed by atoms with Crippen molar-refractivity contribution in [3.8, 4) is 17.1 Å². The van der Waals surface area contributed by atoms with Gasteiger partial charge in [0.25, 0.3) is 5.89 Å². The zero-order chi connectivity index (χ0) is 22.5. The first-order valence-electron chi connectivity index (χ1n) is 9.99. The summed E-state index contributed by atoms with van der Waals surface area (Å²) in [5.41, 5.74) is 2.56. The highest BCUT2D eigenvalue weighted by Gasteiger charge is 2.24. The molecule has 0 aliphatic carbocycles. The number of amides is 1. The third-order valence-electron chi connectivity index (χ3n) is 4.89. The number of H-pyrrole nitrogens is 1. The molecule has 0 bridgehead atoms. The van der Waals surface area contributed by atoms with Crippen LogP contribution in [0.5, 0.6) is 5.75 Å². The molecule has 9 heteroatoms. The van der Waals surface area contributed by atoms with E-state index in [-0.39, 0.29) is 24.8 Å². The number of ether oxygens (including phenoxy) is 2. The highest BCUT2D eigenvalue weighted by atomic mass is 16.6. The van der Waals surface area contributed by atoms with E-state index in [0.717, 1.165) is 16.5 Å². The van der Waals surface area contributed by atoms with E-state index in [2.05, 4.69) is 20.4 Å². The van der Waals surface area contributed by atoms with Gasteiger partial charge in [-0.2, -0.15) is 4.98 Å². The van der Waals surface area contributed by atoms with Crippen molar-refractivity contribution in [1.82, 2.24) is 20.4 Å². The van der Waals surface area contributed by atoms with Crippen molar-refractivity contribution in [2.45, 2.75) is 26.0 Å². The van der Waals surface area contributed by atoms with Gasteiger partial charge in [0.05, 0.1) is 7.11 Å². The molecule has 2 heterocycles. The van der Waals surface area contributed by atoms with Gasteiger partial charge in [0, 0.05) is 36.0 Å². The molecule has 2 aromatic carbocycles. The Kier molecular flexibility index (Phi) is 6.16. The molecule has 2 N–H and O–H groups in total. The third kappa shape index (κ3) is 4.77. The van der Waals surface area contributed by atoms with Crippen LogP contribution in [0.25, 0.3) is 22.3 Å². The van der Waals surface area contributed by atoms with Crippen LogP contribution in [0.3, 0.4) is 0 Å². The molecule has 4 aromatic rings. The summed E-state index contributed by atoms with van der Waals surface area (Å²) >= 11 is 0. The summed E-state index contributed by atoms with van der Waals surface area (Å²) in [7, 11) is 1.57. The SMILES string of the molecule is COc1cccc(-c2noc(COC(=O)C(Cc3c[nH]c4ccccc34)NC(C)=O)n2)c1. The smallest absolute Gasteiger partial charge is 0.329 e. The van der Waals surface area contributed by atoms with Gasteiger partial charge in [0.15, 0.2) is 6.61 Å². The van der Waals surface area contributed by atoms with Crippen LogP contribution in [0, 0.1) is 0 Å². The van der Waals surface area contributed by atoms with Crippen LogP contribution in [0.15, 0.2) is 59.3 Å². The van der Waals surface area contributed by atoms with Gasteiger partial charge in [-0.3, -0.25) is 4.79 Å². The van der Waals surface area contributed by atoms with Crippen molar-refractivity contribution in [2.75, 3.05) is 7.11 Å². The number of nitrogens with zero attached hydrogens (tertiary/aromatic N) is 2. The topological polar surface area (TPSA) is 119 Å². The number of benzene rings is 2. The van der Waals surface area contributed by atoms with E-state index < -0.39 is 12.0 Å². The minimum atomic E-state index is -0.854. The summed E-state index contributed by atoms with van der Waals surface area (Å²) in [6.07, 6.45) is 2.10. The molecule has 0 radical (unpaired) electrons. The van der Waals surface area contributed by atoms with Crippen LogP contribution in [0.1, 0.15) is 18.4 Å². The quantitative estimate of drug-likeness (QED) is 0.409. The molecule has 0 spiro atoms. The maximum atomic E-state index is 12.7. The number of hydrogen-bond acceptors (Lipinski definition) is 7. The summed E-state index contributed by atoms with van der Waals surface area (Å²) in [4.78, 5) is 31.8. The van der Waals surface area contributed by atoms with Crippen LogP contribution in [-0.4, -0.2) is 40.2 Å². The second kappa shape index (κ2) is 9.34. The number of carbonyl (C=O) groups excluding carboxylic acids is 2.